The summed E-state index contributed by atoms with van der Waals surface area (Å²) in [6, 6.07) is 13.3. The van der Waals surface area contributed by atoms with Gasteiger partial charge in [-0.3, -0.25) is 9.69 Å². The van der Waals surface area contributed by atoms with E-state index < -0.39 is 0 Å². The summed E-state index contributed by atoms with van der Waals surface area (Å²) in [6.07, 6.45) is 0.883. The van der Waals surface area contributed by atoms with Gasteiger partial charge in [-0.15, -0.1) is 0 Å². The van der Waals surface area contributed by atoms with Gasteiger partial charge >= 0.3 is 6.03 Å². The van der Waals surface area contributed by atoms with Crippen molar-refractivity contribution < 1.29 is 17.5 Å². The molecule has 2 atom stereocenters. The third kappa shape index (κ3) is 5.99. The van der Waals surface area contributed by atoms with E-state index in [4.69, 9.17) is 4.74 Å². The van der Waals surface area contributed by atoms with Crippen molar-refractivity contribution in [1.29, 1.82) is 0 Å². The molecule has 0 bridgehead atoms. The molecule has 2 unspecified atom stereocenters. The lowest BCUT2D eigenvalue weighted by Crippen LogP contribution is -2.52. The number of amides is 3. The van der Waals surface area contributed by atoms with Crippen molar-refractivity contribution in [3.8, 4) is 0 Å². The molecule has 7 nitrogen and oxygen atoms in total. The van der Waals surface area contributed by atoms with Gasteiger partial charge in [0.1, 0.15) is 23.0 Å². The monoisotopic (exact) mass is 551 g/mol. The van der Waals surface area contributed by atoms with Crippen LogP contribution in [0.2, 0.25) is 0 Å². The number of aryl methyl sites for hydroxylation is 2. The van der Waals surface area contributed by atoms with Crippen LogP contribution in [0.5, 0.6) is 0 Å². The second-order valence-electron chi connectivity index (χ2n) is 8.20. The number of hydrogen-bond acceptors (Lipinski definition) is 4. The van der Waals surface area contributed by atoms with Crippen LogP contribution in [0.15, 0.2) is 42.5 Å². The number of carbonyl (C=O) groups excluding carboxylic acids is 2. The normalized spacial score (nSPS) is 18.3. The minimum absolute atomic E-state index is 0.00769. The van der Waals surface area contributed by atoms with Gasteiger partial charge in [0, 0.05) is 24.3 Å². The van der Waals surface area contributed by atoms with Crippen molar-refractivity contribution >= 4 is 40.6 Å². The molecule has 0 aromatic heterocycles. The standard InChI is InChI=1S/C24H30IN3O4/c1-5-20-12-22(11-6-16(20)2)28(24(30)27-13-17(3)31-18(4)14-27)15-19-7-9-21(10-8-19)23(29)26-32-25/h6-12,17-18H,5,13-15H2,1-4H3,(H,26,29). The number of benzene rings is 2. The van der Waals surface area contributed by atoms with E-state index in [9.17, 15) is 9.59 Å². The summed E-state index contributed by atoms with van der Waals surface area (Å²) in [7, 11) is 0. The zero-order valence-electron chi connectivity index (χ0n) is 18.9. The molecule has 1 saturated heterocycles. The molecule has 32 heavy (non-hydrogen) atoms. The Morgan fingerprint density at radius 3 is 2.41 bits per heavy atom. The molecule has 1 aliphatic heterocycles. The number of nitrogens with zero attached hydrogens (tertiary/aromatic N) is 2. The Hall–Kier alpha value is -2.17. The first-order chi connectivity index (χ1) is 15.3. The van der Waals surface area contributed by atoms with E-state index in [0.717, 1.165) is 17.7 Å². The van der Waals surface area contributed by atoms with Crippen LogP contribution in [0.4, 0.5) is 10.5 Å². The summed E-state index contributed by atoms with van der Waals surface area (Å²) >= 11 is 1.61. The topological polar surface area (TPSA) is 71.1 Å². The van der Waals surface area contributed by atoms with Crippen LogP contribution in [0, 0.1) is 6.92 Å². The van der Waals surface area contributed by atoms with Gasteiger partial charge in [0.2, 0.25) is 0 Å². The predicted molar refractivity (Wildman–Crippen MR) is 133 cm³/mol. The van der Waals surface area contributed by atoms with Crippen LogP contribution in [0.3, 0.4) is 0 Å². The number of morpholine rings is 1. The summed E-state index contributed by atoms with van der Waals surface area (Å²) < 4.78 is 10.5. The Kier molecular flexibility index (Phi) is 8.50. The predicted octanol–water partition coefficient (Wildman–Crippen LogP) is 4.80. The lowest BCUT2D eigenvalue weighted by Gasteiger charge is -2.38. The molecular formula is C24H30IN3O4. The quantitative estimate of drug-likeness (QED) is 0.414. The lowest BCUT2D eigenvalue weighted by molar-refractivity contribution is -0.0537. The highest BCUT2D eigenvalue weighted by atomic mass is 127. The second kappa shape index (κ2) is 11.1. The highest BCUT2D eigenvalue weighted by Crippen LogP contribution is 2.25. The SMILES string of the molecule is CCc1cc(N(Cc2ccc(C(=O)NOI)cc2)C(=O)N2CC(C)OC(C)C2)ccc1C. The molecule has 0 aliphatic carbocycles. The highest BCUT2D eigenvalue weighted by Gasteiger charge is 2.30. The van der Waals surface area contributed by atoms with Gasteiger partial charge < -0.3 is 9.64 Å². The smallest absolute Gasteiger partial charge is 0.324 e. The highest BCUT2D eigenvalue weighted by molar-refractivity contribution is 14.1. The summed E-state index contributed by atoms with van der Waals surface area (Å²) in [6.45, 7) is 9.70. The molecular weight excluding hydrogens is 521 g/mol. The van der Waals surface area contributed by atoms with Crippen molar-refractivity contribution in [2.75, 3.05) is 18.0 Å². The molecule has 3 rings (SSSR count). The minimum atomic E-state index is -0.318. The molecule has 172 valence electrons. The maximum absolute atomic E-state index is 13.7. The van der Waals surface area contributed by atoms with Gasteiger partial charge in [-0.2, -0.15) is 0 Å². The summed E-state index contributed by atoms with van der Waals surface area (Å²) in [5.74, 6) is -0.318. The minimum Gasteiger partial charge on any atom is -0.372 e. The number of ether oxygens (including phenoxy) is 1. The van der Waals surface area contributed by atoms with E-state index in [2.05, 4.69) is 34.6 Å². The number of nitrogens with one attached hydrogen (secondary N) is 1. The fraction of sp³-hybridized carbons (Fsp3) is 0.417. The Labute approximate surface area is 203 Å². The fourth-order valence-electron chi connectivity index (χ4n) is 4.02. The maximum atomic E-state index is 13.7. The van der Waals surface area contributed by atoms with E-state index in [1.165, 1.54) is 11.1 Å². The zero-order chi connectivity index (χ0) is 23.3. The largest absolute Gasteiger partial charge is 0.372 e. The van der Waals surface area contributed by atoms with Gasteiger partial charge in [-0.1, -0.05) is 25.1 Å². The van der Waals surface area contributed by atoms with Crippen LogP contribution in [-0.4, -0.2) is 42.1 Å². The first-order valence-electron chi connectivity index (χ1n) is 10.8. The Bertz CT molecular complexity index is 941. The molecule has 3 amide bonds. The van der Waals surface area contributed by atoms with E-state index in [1.807, 2.05) is 41.8 Å². The molecule has 1 aliphatic rings. The van der Waals surface area contributed by atoms with Crippen LogP contribution in [-0.2, 0) is 20.9 Å². The first-order valence-corrected chi connectivity index (χ1v) is 11.7. The summed E-state index contributed by atoms with van der Waals surface area (Å²) in [5, 5.41) is 0. The summed E-state index contributed by atoms with van der Waals surface area (Å²) in [4.78, 5) is 29.3. The first kappa shape index (κ1) is 24.5. The molecule has 0 radical (unpaired) electrons. The van der Waals surface area contributed by atoms with Gasteiger partial charge in [-0.25, -0.2) is 13.4 Å². The average Bonchev–Trinajstić information content (AvgIpc) is 2.77. The number of urea groups is 1. The van der Waals surface area contributed by atoms with Crippen molar-refractivity contribution in [3.63, 3.8) is 0 Å². The van der Waals surface area contributed by atoms with Gasteiger partial charge in [0.05, 0.1) is 18.8 Å². The summed E-state index contributed by atoms with van der Waals surface area (Å²) in [5.41, 5.74) is 7.01. The average molecular weight is 551 g/mol. The molecule has 8 heteroatoms. The van der Waals surface area contributed by atoms with Gasteiger partial charge in [0.25, 0.3) is 5.91 Å². The number of halogens is 1. The Balaban J connectivity index is 1.90. The Morgan fingerprint density at radius 2 is 1.81 bits per heavy atom. The van der Waals surface area contributed by atoms with E-state index in [1.54, 1.807) is 35.1 Å². The Morgan fingerprint density at radius 1 is 1.16 bits per heavy atom. The second-order valence-corrected chi connectivity index (χ2v) is 8.64. The number of rotatable bonds is 6. The third-order valence-electron chi connectivity index (χ3n) is 5.63. The van der Waals surface area contributed by atoms with Crippen LogP contribution in [0.25, 0.3) is 0 Å². The van der Waals surface area contributed by atoms with Crippen LogP contribution < -0.4 is 10.4 Å². The van der Waals surface area contributed by atoms with Crippen molar-refractivity contribution in [3.05, 3.63) is 64.7 Å². The molecule has 1 N–H and O–H groups in total. The lowest BCUT2D eigenvalue weighted by atomic mass is 10.0. The maximum Gasteiger partial charge on any atom is 0.324 e. The van der Waals surface area contributed by atoms with Crippen molar-refractivity contribution in [1.82, 2.24) is 10.4 Å². The number of anilines is 1. The van der Waals surface area contributed by atoms with E-state index >= 15 is 0 Å². The van der Waals surface area contributed by atoms with Gasteiger partial charge in [0.15, 0.2) is 0 Å². The van der Waals surface area contributed by atoms with Gasteiger partial charge in [-0.05, 0) is 68.1 Å². The van der Waals surface area contributed by atoms with Crippen molar-refractivity contribution in [2.24, 2.45) is 0 Å². The van der Waals surface area contributed by atoms with Crippen molar-refractivity contribution in [2.45, 2.75) is 52.9 Å². The zero-order valence-corrected chi connectivity index (χ0v) is 21.1. The molecule has 1 heterocycles. The van der Waals surface area contributed by atoms with E-state index in [0.29, 0.717) is 25.2 Å². The van der Waals surface area contributed by atoms with Crippen LogP contribution in [0.1, 0.15) is 47.8 Å². The third-order valence-corrected chi connectivity index (χ3v) is 5.85. The van der Waals surface area contributed by atoms with Crippen LogP contribution >= 0.6 is 23.0 Å². The number of hydrogen-bond donors (Lipinski definition) is 1. The molecule has 0 saturated carbocycles. The molecule has 1 fully saturated rings. The fourth-order valence-corrected chi connectivity index (χ4v) is 4.22. The molecule has 2 aromatic rings. The number of hydroxylamine groups is 1. The van der Waals surface area contributed by atoms with E-state index in [-0.39, 0.29) is 24.1 Å². The number of carbonyl (C=O) groups is 2. The molecule has 0 spiro atoms. The molecule has 2 aromatic carbocycles.